The Hall–Kier alpha value is -3.36. The normalized spacial score (nSPS) is 16.3. The maximum atomic E-state index is 13.4. The third-order valence-corrected chi connectivity index (χ3v) is 6.98. The van der Waals surface area contributed by atoms with E-state index in [0.717, 1.165) is 18.4 Å². The zero-order valence-electron chi connectivity index (χ0n) is 19.7. The molecule has 1 aliphatic carbocycles. The van der Waals surface area contributed by atoms with Gasteiger partial charge in [0.1, 0.15) is 11.6 Å². The van der Waals surface area contributed by atoms with E-state index in [9.17, 15) is 18.8 Å². The van der Waals surface area contributed by atoms with Gasteiger partial charge in [0.25, 0.3) is 5.56 Å². The van der Waals surface area contributed by atoms with Crippen molar-refractivity contribution in [3.05, 3.63) is 81.1 Å². The van der Waals surface area contributed by atoms with Crippen molar-refractivity contribution in [2.45, 2.75) is 38.1 Å². The van der Waals surface area contributed by atoms with Crippen molar-refractivity contribution in [3.8, 4) is 11.3 Å². The number of hydrogen-bond donors (Lipinski definition) is 1. The van der Waals surface area contributed by atoms with Gasteiger partial charge in [-0.05, 0) is 55.7 Å². The fraction of sp³-hybridized carbons (Fsp3) is 0.333. The molecule has 1 saturated carbocycles. The third kappa shape index (κ3) is 4.96. The Kier molecular flexibility index (Phi) is 6.49. The average Bonchev–Trinajstić information content (AvgIpc) is 3.65. The van der Waals surface area contributed by atoms with E-state index in [1.165, 1.54) is 22.8 Å². The number of carbonyl (C=O) groups excluding carboxylic acids is 2. The predicted molar refractivity (Wildman–Crippen MR) is 134 cm³/mol. The van der Waals surface area contributed by atoms with Crippen molar-refractivity contribution < 1.29 is 18.7 Å². The van der Waals surface area contributed by atoms with Crippen LogP contribution in [-0.2, 0) is 26.3 Å². The number of rotatable bonds is 8. The highest BCUT2D eigenvalue weighted by Gasteiger charge is 2.42. The highest BCUT2D eigenvalue weighted by atomic mass is 35.5. The molecule has 0 radical (unpaired) electrons. The van der Waals surface area contributed by atoms with Gasteiger partial charge in [-0.15, -0.1) is 0 Å². The Morgan fingerprint density at radius 1 is 1.17 bits per heavy atom. The molecular weight excluding hydrogens is 485 g/mol. The molecule has 0 spiro atoms. The quantitative estimate of drug-likeness (QED) is 0.489. The summed E-state index contributed by atoms with van der Waals surface area (Å²) in [5.41, 5.74) is 1.40. The lowest BCUT2D eigenvalue weighted by Gasteiger charge is -2.41. The molecule has 2 aromatic carbocycles. The van der Waals surface area contributed by atoms with Crippen LogP contribution >= 0.6 is 11.6 Å². The summed E-state index contributed by atoms with van der Waals surface area (Å²) >= 11 is 6.15. The molecule has 2 heterocycles. The summed E-state index contributed by atoms with van der Waals surface area (Å²) in [5, 5.41) is 3.35. The van der Waals surface area contributed by atoms with Gasteiger partial charge in [0.05, 0.1) is 31.1 Å². The molecule has 186 valence electrons. The Morgan fingerprint density at radius 2 is 1.89 bits per heavy atom. The number of amides is 1. The number of anilines is 1. The van der Waals surface area contributed by atoms with Crippen molar-refractivity contribution >= 4 is 29.0 Å². The van der Waals surface area contributed by atoms with E-state index in [2.05, 4.69) is 10.3 Å². The van der Waals surface area contributed by atoms with Crippen molar-refractivity contribution in [1.29, 1.82) is 0 Å². The van der Waals surface area contributed by atoms with Gasteiger partial charge in [-0.3, -0.25) is 19.0 Å². The molecule has 5 rings (SSSR count). The fourth-order valence-electron chi connectivity index (χ4n) is 4.51. The van der Waals surface area contributed by atoms with Crippen LogP contribution in [0.1, 0.15) is 30.7 Å². The van der Waals surface area contributed by atoms with Crippen LogP contribution in [0.2, 0.25) is 5.02 Å². The SMILES string of the molecule is Cc1nc(-c2ccc(Cl)cc2NC(=O)C2CC2)cc(=O)n1CC(=O)CC1(c2ccc(F)cc2)COC1. The van der Waals surface area contributed by atoms with Gasteiger partial charge in [0.15, 0.2) is 5.78 Å². The lowest BCUT2D eigenvalue weighted by atomic mass is 9.74. The second-order valence-corrected chi connectivity index (χ2v) is 10.00. The highest BCUT2D eigenvalue weighted by molar-refractivity contribution is 6.31. The van der Waals surface area contributed by atoms with E-state index in [0.29, 0.717) is 41.0 Å². The Morgan fingerprint density at radius 3 is 2.50 bits per heavy atom. The van der Waals surface area contributed by atoms with Gasteiger partial charge < -0.3 is 10.1 Å². The number of ketones is 1. The molecule has 1 N–H and O–H groups in total. The number of halogens is 2. The van der Waals surface area contributed by atoms with Crippen LogP contribution in [0.3, 0.4) is 0 Å². The topological polar surface area (TPSA) is 90.3 Å². The minimum absolute atomic E-state index is 0.00445. The predicted octanol–water partition coefficient (Wildman–Crippen LogP) is 4.29. The summed E-state index contributed by atoms with van der Waals surface area (Å²) in [4.78, 5) is 43.0. The van der Waals surface area contributed by atoms with Gasteiger partial charge in [-0.25, -0.2) is 9.37 Å². The van der Waals surface area contributed by atoms with Crippen LogP contribution < -0.4 is 10.9 Å². The summed E-state index contributed by atoms with van der Waals surface area (Å²) < 4.78 is 20.1. The van der Waals surface area contributed by atoms with Crippen molar-refractivity contribution in [1.82, 2.24) is 9.55 Å². The molecule has 0 atom stereocenters. The first-order valence-corrected chi connectivity index (χ1v) is 12.2. The van der Waals surface area contributed by atoms with E-state index in [1.54, 1.807) is 37.3 Å². The Balaban J connectivity index is 1.37. The van der Waals surface area contributed by atoms with Gasteiger partial charge in [0, 0.05) is 34.4 Å². The van der Waals surface area contributed by atoms with Gasteiger partial charge in [-0.1, -0.05) is 23.7 Å². The van der Waals surface area contributed by atoms with E-state index >= 15 is 0 Å². The molecule has 3 aromatic rings. The van der Waals surface area contributed by atoms with Crippen molar-refractivity contribution in [2.75, 3.05) is 18.5 Å². The molecular formula is C27H25ClFN3O4. The zero-order valence-corrected chi connectivity index (χ0v) is 20.5. The molecule has 2 fully saturated rings. The first-order valence-electron chi connectivity index (χ1n) is 11.8. The van der Waals surface area contributed by atoms with E-state index < -0.39 is 5.41 Å². The monoisotopic (exact) mass is 509 g/mol. The van der Waals surface area contributed by atoms with Crippen LogP contribution in [-0.4, -0.2) is 34.5 Å². The first kappa shape index (κ1) is 24.3. The molecule has 1 amide bonds. The number of benzene rings is 2. The molecule has 0 unspecified atom stereocenters. The van der Waals surface area contributed by atoms with E-state index in [4.69, 9.17) is 16.3 Å². The molecule has 9 heteroatoms. The maximum absolute atomic E-state index is 13.4. The fourth-order valence-corrected chi connectivity index (χ4v) is 4.68. The maximum Gasteiger partial charge on any atom is 0.254 e. The second kappa shape index (κ2) is 9.59. The minimum atomic E-state index is -0.520. The van der Waals surface area contributed by atoms with Crippen LogP contribution in [0, 0.1) is 18.7 Å². The third-order valence-electron chi connectivity index (χ3n) is 6.75. The summed E-state index contributed by atoms with van der Waals surface area (Å²) in [6, 6.07) is 12.5. The zero-order chi connectivity index (χ0) is 25.4. The van der Waals surface area contributed by atoms with Gasteiger partial charge >= 0.3 is 0 Å². The molecule has 7 nitrogen and oxygen atoms in total. The average molecular weight is 510 g/mol. The van der Waals surface area contributed by atoms with Crippen LogP contribution in [0.4, 0.5) is 10.1 Å². The summed E-state index contributed by atoms with van der Waals surface area (Å²) in [6.45, 7) is 2.26. The number of Topliss-reactive ketones (excluding diaryl/α,β-unsaturated/α-hetero) is 1. The number of nitrogens with zero attached hydrogens (tertiary/aromatic N) is 2. The number of carbonyl (C=O) groups is 2. The van der Waals surface area contributed by atoms with E-state index in [-0.39, 0.29) is 42.0 Å². The number of aromatic nitrogens is 2. The minimum Gasteiger partial charge on any atom is -0.379 e. The smallest absolute Gasteiger partial charge is 0.254 e. The van der Waals surface area contributed by atoms with Crippen LogP contribution in [0.25, 0.3) is 11.3 Å². The van der Waals surface area contributed by atoms with Crippen molar-refractivity contribution in [3.63, 3.8) is 0 Å². The largest absolute Gasteiger partial charge is 0.379 e. The molecule has 2 aliphatic rings. The lowest BCUT2D eigenvalue weighted by Crippen LogP contribution is -2.48. The van der Waals surface area contributed by atoms with E-state index in [1.807, 2.05) is 0 Å². The second-order valence-electron chi connectivity index (χ2n) is 9.56. The van der Waals surface area contributed by atoms with Gasteiger partial charge in [-0.2, -0.15) is 0 Å². The van der Waals surface area contributed by atoms with Gasteiger partial charge in [0.2, 0.25) is 5.91 Å². The number of nitrogens with one attached hydrogen (secondary N) is 1. The summed E-state index contributed by atoms with van der Waals surface area (Å²) in [7, 11) is 0. The Bertz CT molecular complexity index is 1400. The summed E-state index contributed by atoms with van der Waals surface area (Å²) in [5.74, 6) is -0.189. The molecule has 0 bridgehead atoms. The first-order chi connectivity index (χ1) is 17.2. The molecule has 1 aromatic heterocycles. The number of ether oxygens (including phenoxy) is 1. The molecule has 1 saturated heterocycles. The number of hydrogen-bond acceptors (Lipinski definition) is 5. The van der Waals surface area contributed by atoms with Crippen LogP contribution in [0.5, 0.6) is 0 Å². The lowest BCUT2D eigenvalue weighted by molar-refractivity contribution is -0.128. The molecule has 36 heavy (non-hydrogen) atoms. The number of aryl methyl sites for hydroxylation is 1. The standard InChI is InChI=1S/C27H25ClFN3O4/c1-16-30-24(22-9-6-19(28)10-23(22)31-26(35)17-2-3-17)11-25(34)32(16)13-21(33)12-27(14-36-15-27)18-4-7-20(29)8-5-18/h4-11,17H,2-3,12-15H2,1H3,(H,31,35). The van der Waals surface area contributed by atoms with Crippen LogP contribution in [0.15, 0.2) is 53.3 Å². The molecule has 1 aliphatic heterocycles. The summed E-state index contributed by atoms with van der Waals surface area (Å²) in [6.07, 6.45) is 1.89. The highest BCUT2D eigenvalue weighted by Crippen LogP contribution is 2.37. The Labute approximate surface area is 212 Å². The van der Waals surface area contributed by atoms with Crippen molar-refractivity contribution in [2.24, 2.45) is 5.92 Å².